The Morgan fingerprint density at radius 3 is 2.56 bits per heavy atom. The second kappa shape index (κ2) is 6.69. The molecule has 1 aromatic heterocycles. The molecule has 0 saturated carbocycles. The van der Waals surface area contributed by atoms with Gasteiger partial charge in [0.1, 0.15) is 11.9 Å². The van der Waals surface area contributed by atoms with Crippen molar-refractivity contribution in [2.45, 2.75) is 12.6 Å². The lowest BCUT2D eigenvalue weighted by molar-refractivity contribution is 0.185. The average molecular weight is 329 g/mol. The lowest BCUT2D eigenvalue weighted by Crippen LogP contribution is -2.15. The largest absolute Gasteiger partial charge is 0.484 e. The Bertz CT molecular complexity index is 957. The number of nitrogens with two attached hydrogens (primary N) is 1. The first-order valence-electron chi connectivity index (χ1n) is 8.25. The molecule has 2 N–H and O–H groups in total. The number of nitrogen functional groups attached to an aromatic ring is 1. The zero-order valence-electron chi connectivity index (χ0n) is 13.7. The van der Waals surface area contributed by atoms with E-state index in [0.717, 1.165) is 17.0 Å². The SMILES string of the molecule is Nc1ccc(OC(Cn2ccnc2)c2cccc3ccccc23)cc1. The number of nitrogens with zero attached hydrogens (tertiary/aromatic N) is 2. The topological polar surface area (TPSA) is 53.1 Å². The zero-order valence-corrected chi connectivity index (χ0v) is 13.7. The van der Waals surface area contributed by atoms with E-state index in [1.807, 2.05) is 41.4 Å². The van der Waals surface area contributed by atoms with E-state index in [1.165, 1.54) is 10.8 Å². The van der Waals surface area contributed by atoms with E-state index in [4.69, 9.17) is 10.5 Å². The molecule has 0 saturated heterocycles. The summed E-state index contributed by atoms with van der Waals surface area (Å²) in [5.74, 6) is 0.798. The number of fused-ring (bicyclic) bond motifs is 1. The van der Waals surface area contributed by atoms with Crippen molar-refractivity contribution < 1.29 is 4.74 Å². The Morgan fingerprint density at radius 1 is 0.960 bits per heavy atom. The van der Waals surface area contributed by atoms with Crippen LogP contribution >= 0.6 is 0 Å². The zero-order chi connectivity index (χ0) is 17.1. The Kier molecular flexibility index (Phi) is 4.09. The van der Waals surface area contributed by atoms with Gasteiger partial charge in [-0.15, -0.1) is 0 Å². The summed E-state index contributed by atoms with van der Waals surface area (Å²) in [5, 5.41) is 2.40. The number of ether oxygens (including phenoxy) is 1. The van der Waals surface area contributed by atoms with E-state index >= 15 is 0 Å². The first-order valence-corrected chi connectivity index (χ1v) is 8.25. The van der Waals surface area contributed by atoms with Gasteiger partial charge in [-0.3, -0.25) is 0 Å². The van der Waals surface area contributed by atoms with E-state index in [-0.39, 0.29) is 6.10 Å². The van der Waals surface area contributed by atoms with Crippen LogP contribution in [0.4, 0.5) is 5.69 Å². The first kappa shape index (κ1) is 15.3. The van der Waals surface area contributed by atoms with Crippen LogP contribution < -0.4 is 10.5 Å². The average Bonchev–Trinajstić information content (AvgIpc) is 3.16. The third-order valence-electron chi connectivity index (χ3n) is 4.26. The van der Waals surface area contributed by atoms with Crippen LogP contribution in [0, 0.1) is 0 Å². The molecule has 0 bridgehead atoms. The molecule has 124 valence electrons. The fourth-order valence-corrected chi connectivity index (χ4v) is 3.03. The van der Waals surface area contributed by atoms with Crippen molar-refractivity contribution in [1.82, 2.24) is 9.55 Å². The monoisotopic (exact) mass is 329 g/mol. The number of hydrogen-bond acceptors (Lipinski definition) is 3. The maximum Gasteiger partial charge on any atom is 0.142 e. The van der Waals surface area contributed by atoms with Gasteiger partial charge in [-0.2, -0.15) is 0 Å². The molecule has 0 aliphatic carbocycles. The van der Waals surface area contributed by atoms with Gasteiger partial charge in [-0.25, -0.2) is 4.98 Å². The predicted molar refractivity (Wildman–Crippen MR) is 100 cm³/mol. The third-order valence-corrected chi connectivity index (χ3v) is 4.26. The summed E-state index contributed by atoms with van der Waals surface area (Å²) < 4.78 is 8.36. The highest BCUT2D eigenvalue weighted by molar-refractivity contribution is 5.86. The summed E-state index contributed by atoms with van der Waals surface area (Å²) in [6.45, 7) is 0.679. The van der Waals surface area contributed by atoms with Crippen LogP contribution in [0.5, 0.6) is 5.75 Å². The van der Waals surface area contributed by atoms with Gasteiger partial charge in [0, 0.05) is 23.6 Å². The Morgan fingerprint density at radius 2 is 1.76 bits per heavy atom. The number of hydrogen-bond donors (Lipinski definition) is 1. The smallest absolute Gasteiger partial charge is 0.142 e. The molecule has 0 aliphatic heterocycles. The highest BCUT2D eigenvalue weighted by Crippen LogP contribution is 2.30. The van der Waals surface area contributed by atoms with E-state index in [1.54, 1.807) is 6.20 Å². The van der Waals surface area contributed by atoms with Crippen molar-refractivity contribution in [3.05, 3.63) is 91.0 Å². The molecule has 0 aliphatic rings. The molecule has 1 unspecified atom stereocenters. The third kappa shape index (κ3) is 3.33. The standard InChI is InChI=1S/C21H19N3O/c22-17-8-10-18(11-9-17)25-21(14-24-13-12-23-15-24)20-7-3-5-16-4-1-2-6-19(16)20/h1-13,15,21H,14,22H2. The number of imidazole rings is 1. The molecule has 0 radical (unpaired) electrons. The summed E-state index contributed by atoms with van der Waals surface area (Å²) in [6.07, 6.45) is 5.40. The molecule has 4 heteroatoms. The molecule has 25 heavy (non-hydrogen) atoms. The van der Waals surface area contributed by atoms with E-state index in [0.29, 0.717) is 6.54 Å². The summed E-state index contributed by atoms with van der Waals surface area (Å²) in [5.41, 5.74) is 7.67. The second-order valence-corrected chi connectivity index (χ2v) is 6.00. The van der Waals surface area contributed by atoms with Gasteiger partial charge < -0.3 is 15.0 Å². The summed E-state index contributed by atoms with van der Waals surface area (Å²) >= 11 is 0. The minimum Gasteiger partial charge on any atom is -0.484 e. The Balaban J connectivity index is 1.74. The van der Waals surface area contributed by atoms with Crippen molar-refractivity contribution in [3.8, 4) is 5.75 Å². The van der Waals surface area contributed by atoms with Gasteiger partial charge in [-0.05, 0) is 35.0 Å². The highest BCUT2D eigenvalue weighted by atomic mass is 16.5. The summed E-state index contributed by atoms with van der Waals surface area (Å²) in [4.78, 5) is 4.14. The van der Waals surface area contributed by atoms with Crippen LogP contribution in [0.2, 0.25) is 0 Å². The van der Waals surface area contributed by atoms with Gasteiger partial charge in [0.2, 0.25) is 0 Å². The number of aromatic nitrogens is 2. The molecule has 0 spiro atoms. The summed E-state index contributed by atoms with van der Waals surface area (Å²) in [6, 6.07) is 22.2. The van der Waals surface area contributed by atoms with Crippen molar-refractivity contribution in [3.63, 3.8) is 0 Å². The molecule has 3 aromatic carbocycles. The van der Waals surface area contributed by atoms with Gasteiger partial charge >= 0.3 is 0 Å². The summed E-state index contributed by atoms with van der Waals surface area (Å²) in [7, 11) is 0. The lowest BCUT2D eigenvalue weighted by atomic mass is 10.00. The number of anilines is 1. The van der Waals surface area contributed by atoms with Crippen LogP contribution in [0.3, 0.4) is 0 Å². The maximum atomic E-state index is 6.33. The Labute approximate surface area is 146 Å². The van der Waals surface area contributed by atoms with Gasteiger partial charge in [-0.1, -0.05) is 42.5 Å². The van der Waals surface area contributed by atoms with Crippen LogP contribution in [-0.4, -0.2) is 9.55 Å². The minimum absolute atomic E-state index is 0.135. The molecule has 1 atom stereocenters. The van der Waals surface area contributed by atoms with Crippen molar-refractivity contribution in [2.75, 3.05) is 5.73 Å². The van der Waals surface area contributed by atoms with Crippen LogP contribution in [-0.2, 0) is 6.54 Å². The van der Waals surface area contributed by atoms with Crippen molar-refractivity contribution in [2.24, 2.45) is 0 Å². The van der Waals surface area contributed by atoms with E-state index < -0.39 is 0 Å². The van der Waals surface area contributed by atoms with Crippen molar-refractivity contribution >= 4 is 16.5 Å². The van der Waals surface area contributed by atoms with Gasteiger partial charge in [0.25, 0.3) is 0 Å². The van der Waals surface area contributed by atoms with E-state index in [9.17, 15) is 0 Å². The van der Waals surface area contributed by atoms with Gasteiger partial charge in [0.05, 0.1) is 12.9 Å². The maximum absolute atomic E-state index is 6.33. The number of benzene rings is 3. The number of rotatable bonds is 5. The van der Waals surface area contributed by atoms with E-state index in [2.05, 4.69) is 47.4 Å². The van der Waals surface area contributed by atoms with Crippen LogP contribution in [0.25, 0.3) is 10.8 Å². The normalized spacial score (nSPS) is 12.2. The quantitative estimate of drug-likeness (QED) is 0.551. The highest BCUT2D eigenvalue weighted by Gasteiger charge is 2.17. The van der Waals surface area contributed by atoms with Crippen LogP contribution in [0.1, 0.15) is 11.7 Å². The lowest BCUT2D eigenvalue weighted by Gasteiger charge is -2.22. The van der Waals surface area contributed by atoms with Crippen molar-refractivity contribution in [1.29, 1.82) is 0 Å². The second-order valence-electron chi connectivity index (χ2n) is 6.00. The Hall–Kier alpha value is -3.27. The fraction of sp³-hybridized carbons (Fsp3) is 0.0952. The molecular formula is C21H19N3O. The minimum atomic E-state index is -0.135. The molecule has 4 rings (SSSR count). The first-order chi connectivity index (χ1) is 12.3. The molecule has 4 aromatic rings. The molecular weight excluding hydrogens is 310 g/mol. The molecule has 0 fully saturated rings. The molecule has 0 amide bonds. The molecule has 4 nitrogen and oxygen atoms in total. The fourth-order valence-electron chi connectivity index (χ4n) is 3.03. The van der Waals surface area contributed by atoms with Crippen LogP contribution in [0.15, 0.2) is 85.5 Å². The molecule has 1 heterocycles. The van der Waals surface area contributed by atoms with Gasteiger partial charge in [0.15, 0.2) is 0 Å². The predicted octanol–water partition coefficient (Wildman–Crippen LogP) is 4.44.